The summed E-state index contributed by atoms with van der Waals surface area (Å²) < 4.78 is 41.4. The van der Waals surface area contributed by atoms with Crippen molar-refractivity contribution in [2.75, 3.05) is 13.1 Å². The summed E-state index contributed by atoms with van der Waals surface area (Å²) in [6.07, 6.45) is 1.60. The molecular weight excluding hydrogens is 369 g/mol. The van der Waals surface area contributed by atoms with E-state index in [-0.39, 0.29) is 6.42 Å². The number of unbranched alkanes of at least 4 members (excludes halogenated alkanes) is 1. The van der Waals surface area contributed by atoms with E-state index < -0.39 is 32.7 Å². The lowest BCUT2D eigenvalue weighted by molar-refractivity contribution is -0.122. The highest BCUT2D eigenvalue weighted by Gasteiger charge is 2.27. The molecule has 1 atom stereocenters. The van der Waals surface area contributed by atoms with Crippen LogP contribution < -0.4 is 15.8 Å². The lowest BCUT2D eigenvalue weighted by Crippen LogP contribution is -2.48. The molecule has 0 bridgehead atoms. The van der Waals surface area contributed by atoms with Gasteiger partial charge >= 0.3 is 0 Å². The lowest BCUT2D eigenvalue weighted by Gasteiger charge is -2.19. The van der Waals surface area contributed by atoms with Gasteiger partial charge in [-0.2, -0.15) is 4.72 Å². The number of amides is 1. The van der Waals surface area contributed by atoms with Crippen LogP contribution in [-0.2, 0) is 21.2 Å². The molecule has 1 unspecified atom stereocenters. The van der Waals surface area contributed by atoms with Crippen molar-refractivity contribution in [2.24, 2.45) is 5.73 Å². The van der Waals surface area contributed by atoms with Gasteiger partial charge < -0.3 is 11.1 Å². The Hall–Kier alpha value is -2.29. The van der Waals surface area contributed by atoms with Crippen LogP contribution in [0.3, 0.4) is 0 Å². The quantitative estimate of drug-likeness (QED) is 0.533. The average molecular weight is 393 g/mol. The minimum Gasteiger partial charge on any atom is -0.355 e. The van der Waals surface area contributed by atoms with E-state index in [4.69, 9.17) is 5.73 Å². The minimum atomic E-state index is -4.20. The van der Waals surface area contributed by atoms with E-state index >= 15 is 0 Å². The maximum Gasteiger partial charge on any atom is 0.244 e. The van der Waals surface area contributed by atoms with E-state index in [1.54, 1.807) is 24.3 Å². The molecule has 0 aromatic heterocycles. The average Bonchev–Trinajstić information content (AvgIpc) is 2.65. The fraction of sp³-hybridized carbons (Fsp3) is 0.316. The van der Waals surface area contributed by atoms with Crippen LogP contribution in [0.2, 0.25) is 0 Å². The standard InChI is InChI=1S/C19H24FN3O3S/c20-16-10-4-5-11-18(16)27(25,26)23-17(14-15-8-2-1-3-9-15)19(24)22-13-7-6-12-21/h1-5,8-11,17,23H,6-7,12-14,21H2,(H,22,24). The highest BCUT2D eigenvalue weighted by atomic mass is 32.2. The fourth-order valence-corrected chi connectivity index (χ4v) is 3.83. The second-order valence-corrected chi connectivity index (χ2v) is 7.76. The monoisotopic (exact) mass is 393 g/mol. The van der Waals surface area contributed by atoms with Crippen LogP contribution >= 0.6 is 0 Å². The Bertz CT molecular complexity index is 844. The lowest BCUT2D eigenvalue weighted by atomic mass is 10.1. The molecule has 0 aliphatic rings. The summed E-state index contributed by atoms with van der Waals surface area (Å²) in [4.78, 5) is 12.1. The first-order chi connectivity index (χ1) is 12.9. The van der Waals surface area contributed by atoms with E-state index in [2.05, 4.69) is 10.0 Å². The Balaban J connectivity index is 2.18. The van der Waals surface area contributed by atoms with Crippen molar-refractivity contribution < 1.29 is 17.6 Å². The Labute approximate surface area is 159 Å². The third-order valence-electron chi connectivity index (χ3n) is 3.95. The van der Waals surface area contributed by atoms with E-state index in [1.165, 1.54) is 12.1 Å². The van der Waals surface area contributed by atoms with Gasteiger partial charge in [0.15, 0.2) is 0 Å². The molecule has 0 saturated carbocycles. The van der Waals surface area contributed by atoms with Gasteiger partial charge in [0.1, 0.15) is 16.8 Å². The van der Waals surface area contributed by atoms with Gasteiger partial charge in [-0.1, -0.05) is 42.5 Å². The minimum absolute atomic E-state index is 0.150. The molecule has 4 N–H and O–H groups in total. The number of rotatable bonds is 10. The second kappa shape index (κ2) is 10.1. The van der Waals surface area contributed by atoms with E-state index in [0.29, 0.717) is 19.5 Å². The van der Waals surface area contributed by atoms with E-state index in [9.17, 15) is 17.6 Å². The number of carbonyl (C=O) groups excluding carboxylic acids is 1. The summed E-state index contributed by atoms with van der Waals surface area (Å²) in [6.45, 7) is 0.909. The number of nitrogens with two attached hydrogens (primary N) is 1. The molecule has 8 heteroatoms. The first kappa shape index (κ1) is 21.0. The normalized spacial score (nSPS) is 12.5. The van der Waals surface area contributed by atoms with Crippen LogP contribution in [0.15, 0.2) is 59.5 Å². The van der Waals surface area contributed by atoms with Crippen molar-refractivity contribution in [3.05, 3.63) is 66.0 Å². The molecule has 6 nitrogen and oxygen atoms in total. The van der Waals surface area contributed by atoms with Gasteiger partial charge in [0.05, 0.1) is 0 Å². The first-order valence-electron chi connectivity index (χ1n) is 8.72. The number of benzene rings is 2. The molecule has 0 fully saturated rings. The van der Waals surface area contributed by atoms with Crippen LogP contribution in [0.25, 0.3) is 0 Å². The SMILES string of the molecule is NCCCCNC(=O)C(Cc1ccccc1)NS(=O)(=O)c1ccccc1F. The summed E-state index contributed by atoms with van der Waals surface area (Å²) in [6, 6.07) is 13.0. The van der Waals surface area contributed by atoms with Gasteiger partial charge in [0, 0.05) is 6.54 Å². The van der Waals surface area contributed by atoms with E-state index in [1.807, 2.05) is 6.07 Å². The van der Waals surface area contributed by atoms with Gasteiger partial charge in [0.25, 0.3) is 0 Å². The molecule has 0 aliphatic carbocycles. The third-order valence-corrected chi connectivity index (χ3v) is 5.46. The molecule has 146 valence electrons. The van der Waals surface area contributed by atoms with Gasteiger partial charge in [-0.05, 0) is 43.5 Å². The fourth-order valence-electron chi connectivity index (χ4n) is 2.56. The summed E-state index contributed by atoms with van der Waals surface area (Å²) in [5, 5.41) is 2.71. The predicted octanol–water partition coefficient (Wildman–Crippen LogP) is 1.57. The number of nitrogens with one attached hydrogen (secondary N) is 2. The maximum atomic E-state index is 13.9. The Kier molecular flexibility index (Phi) is 7.90. The highest BCUT2D eigenvalue weighted by Crippen LogP contribution is 2.15. The molecular formula is C19H24FN3O3S. The van der Waals surface area contributed by atoms with Crippen molar-refractivity contribution in [1.82, 2.24) is 10.0 Å². The number of halogens is 1. The Morgan fingerprint density at radius 1 is 1.04 bits per heavy atom. The zero-order valence-corrected chi connectivity index (χ0v) is 15.7. The zero-order chi connectivity index (χ0) is 19.7. The van der Waals surface area contributed by atoms with Crippen LogP contribution in [0, 0.1) is 5.82 Å². The molecule has 0 spiro atoms. The van der Waals surface area contributed by atoms with Gasteiger partial charge in [0.2, 0.25) is 15.9 Å². The largest absolute Gasteiger partial charge is 0.355 e. The summed E-state index contributed by atoms with van der Waals surface area (Å²) in [5.41, 5.74) is 6.22. The van der Waals surface area contributed by atoms with Crippen molar-refractivity contribution in [3.63, 3.8) is 0 Å². The number of hydrogen-bond acceptors (Lipinski definition) is 4. The summed E-state index contributed by atoms with van der Waals surface area (Å²) in [7, 11) is -4.20. The van der Waals surface area contributed by atoms with Gasteiger partial charge in [-0.15, -0.1) is 0 Å². The van der Waals surface area contributed by atoms with Gasteiger partial charge in [-0.25, -0.2) is 12.8 Å². The first-order valence-corrected chi connectivity index (χ1v) is 10.2. The van der Waals surface area contributed by atoms with Crippen molar-refractivity contribution in [2.45, 2.75) is 30.2 Å². The Morgan fingerprint density at radius 3 is 2.37 bits per heavy atom. The van der Waals surface area contributed by atoms with Crippen molar-refractivity contribution in [3.8, 4) is 0 Å². The van der Waals surface area contributed by atoms with Gasteiger partial charge in [-0.3, -0.25) is 4.79 Å². The molecule has 2 aromatic carbocycles. The molecule has 1 amide bonds. The Morgan fingerprint density at radius 2 is 1.70 bits per heavy atom. The topological polar surface area (TPSA) is 101 Å². The smallest absolute Gasteiger partial charge is 0.244 e. The van der Waals surface area contributed by atoms with Crippen molar-refractivity contribution >= 4 is 15.9 Å². The maximum absolute atomic E-state index is 13.9. The molecule has 0 aliphatic heterocycles. The molecule has 0 radical (unpaired) electrons. The van der Waals surface area contributed by atoms with Crippen molar-refractivity contribution in [1.29, 1.82) is 0 Å². The molecule has 2 rings (SSSR count). The second-order valence-electron chi connectivity index (χ2n) is 6.08. The van der Waals surface area contributed by atoms with Crippen LogP contribution in [0.1, 0.15) is 18.4 Å². The van der Waals surface area contributed by atoms with E-state index in [0.717, 1.165) is 24.1 Å². The van der Waals surface area contributed by atoms with Crippen LogP contribution in [0.5, 0.6) is 0 Å². The molecule has 2 aromatic rings. The zero-order valence-electron chi connectivity index (χ0n) is 14.9. The molecule has 27 heavy (non-hydrogen) atoms. The van der Waals surface area contributed by atoms with Crippen LogP contribution in [0.4, 0.5) is 4.39 Å². The van der Waals surface area contributed by atoms with Crippen LogP contribution in [-0.4, -0.2) is 33.5 Å². The number of carbonyl (C=O) groups is 1. The number of sulfonamides is 1. The summed E-state index contributed by atoms with van der Waals surface area (Å²) >= 11 is 0. The molecule has 0 saturated heterocycles. The molecule has 0 heterocycles. The predicted molar refractivity (Wildman–Crippen MR) is 102 cm³/mol. The third kappa shape index (κ3) is 6.42. The number of hydrogen-bond donors (Lipinski definition) is 3. The summed E-state index contributed by atoms with van der Waals surface area (Å²) in [5.74, 6) is -1.33. The highest BCUT2D eigenvalue weighted by molar-refractivity contribution is 7.89.